The van der Waals surface area contributed by atoms with Crippen molar-refractivity contribution < 1.29 is 0 Å². The van der Waals surface area contributed by atoms with Crippen molar-refractivity contribution in [2.45, 2.75) is 56.9 Å². The lowest BCUT2D eigenvalue weighted by atomic mass is 9.49. The zero-order valence-corrected chi connectivity index (χ0v) is 13.3. The summed E-state index contributed by atoms with van der Waals surface area (Å²) >= 11 is 1.97. The quantitative estimate of drug-likeness (QED) is 0.715. The monoisotopic (exact) mass is 287 g/mol. The summed E-state index contributed by atoms with van der Waals surface area (Å²) in [6.45, 7) is 2.09. The van der Waals surface area contributed by atoms with E-state index in [1.807, 2.05) is 11.8 Å². The number of nitrogens with zero attached hydrogens (tertiary/aromatic N) is 1. The first kappa shape index (κ1) is 13.2. The van der Waals surface area contributed by atoms with E-state index >= 15 is 0 Å². The van der Waals surface area contributed by atoms with Gasteiger partial charge in [-0.25, -0.2) is 4.98 Å². The summed E-state index contributed by atoms with van der Waals surface area (Å²) in [5.41, 5.74) is 1.87. The topological polar surface area (TPSA) is 12.9 Å². The Kier molecular flexibility index (Phi) is 3.33. The highest BCUT2D eigenvalue weighted by atomic mass is 32.2. The Bertz CT molecular complexity index is 461. The molecule has 4 aliphatic carbocycles. The predicted molar refractivity (Wildman–Crippen MR) is 84.9 cm³/mol. The lowest BCUT2D eigenvalue weighted by Gasteiger charge is -2.57. The van der Waals surface area contributed by atoms with Gasteiger partial charge in [0.15, 0.2) is 0 Å². The van der Waals surface area contributed by atoms with E-state index in [1.54, 1.807) is 38.5 Å². The Labute approximate surface area is 127 Å². The van der Waals surface area contributed by atoms with E-state index < -0.39 is 0 Å². The average molecular weight is 287 g/mol. The fraction of sp³-hybridized carbons (Fsp3) is 0.722. The SMILES string of the molecule is Cc1cccc(SCCC23CC4CC(CC(C4)C2)C3)n1. The maximum atomic E-state index is 4.62. The van der Waals surface area contributed by atoms with E-state index in [4.69, 9.17) is 0 Å². The largest absolute Gasteiger partial charge is 0.247 e. The lowest BCUT2D eigenvalue weighted by molar-refractivity contribution is -0.0538. The number of hydrogen-bond donors (Lipinski definition) is 0. The summed E-state index contributed by atoms with van der Waals surface area (Å²) in [7, 11) is 0. The standard InChI is InChI=1S/C18H25NS/c1-13-3-2-4-17(19-13)20-6-5-18-10-14-7-15(11-18)9-16(8-14)12-18/h2-4,14-16H,5-12H2,1H3. The van der Waals surface area contributed by atoms with Crippen molar-refractivity contribution in [1.82, 2.24) is 4.98 Å². The first-order valence-corrected chi connectivity index (χ1v) is 9.26. The molecular formula is C18H25NS. The Balaban J connectivity index is 1.37. The van der Waals surface area contributed by atoms with Gasteiger partial charge >= 0.3 is 0 Å². The molecule has 0 spiro atoms. The first-order valence-electron chi connectivity index (χ1n) is 8.27. The van der Waals surface area contributed by atoms with Gasteiger partial charge in [0.05, 0.1) is 5.03 Å². The summed E-state index contributed by atoms with van der Waals surface area (Å²) in [5.74, 6) is 4.53. The Morgan fingerprint density at radius 2 is 1.75 bits per heavy atom. The van der Waals surface area contributed by atoms with Gasteiger partial charge in [0.2, 0.25) is 0 Å². The van der Waals surface area contributed by atoms with E-state index in [2.05, 4.69) is 30.1 Å². The van der Waals surface area contributed by atoms with Crippen molar-refractivity contribution in [2.75, 3.05) is 5.75 Å². The van der Waals surface area contributed by atoms with E-state index in [9.17, 15) is 0 Å². The van der Waals surface area contributed by atoms with Crippen LogP contribution in [0.3, 0.4) is 0 Å². The molecule has 4 fully saturated rings. The first-order chi connectivity index (χ1) is 9.71. The molecule has 20 heavy (non-hydrogen) atoms. The van der Waals surface area contributed by atoms with Gasteiger partial charge in [-0.15, -0.1) is 11.8 Å². The summed E-state index contributed by atoms with van der Waals surface area (Å²) in [6, 6.07) is 6.38. The second kappa shape index (κ2) is 5.05. The molecular weight excluding hydrogens is 262 g/mol. The van der Waals surface area contributed by atoms with Gasteiger partial charge in [-0.2, -0.15) is 0 Å². The molecule has 1 nitrogen and oxygen atoms in total. The maximum absolute atomic E-state index is 4.62. The molecule has 0 amide bonds. The van der Waals surface area contributed by atoms with Crippen molar-refractivity contribution in [2.24, 2.45) is 23.2 Å². The molecule has 4 bridgehead atoms. The molecule has 0 aromatic carbocycles. The molecule has 4 aliphatic rings. The molecule has 0 N–H and O–H groups in total. The van der Waals surface area contributed by atoms with Gasteiger partial charge in [-0.3, -0.25) is 0 Å². The summed E-state index contributed by atoms with van der Waals surface area (Å²) in [5, 5.41) is 1.22. The fourth-order valence-electron chi connectivity index (χ4n) is 5.57. The minimum atomic E-state index is 0.728. The van der Waals surface area contributed by atoms with Crippen LogP contribution in [0.4, 0.5) is 0 Å². The molecule has 0 unspecified atom stereocenters. The lowest BCUT2D eigenvalue weighted by Crippen LogP contribution is -2.46. The van der Waals surface area contributed by atoms with Crippen LogP contribution in [0.5, 0.6) is 0 Å². The molecule has 1 heterocycles. The smallest absolute Gasteiger partial charge is 0.0963 e. The van der Waals surface area contributed by atoms with Crippen molar-refractivity contribution in [1.29, 1.82) is 0 Å². The van der Waals surface area contributed by atoms with Crippen LogP contribution in [0.2, 0.25) is 0 Å². The molecule has 1 aromatic rings. The zero-order valence-electron chi connectivity index (χ0n) is 12.5. The third kappa shape index (κ3) is 2.52. The van der Waals surface area contributed by atoms with E-state index in [0.717, 1.165) is 28.9 Å². The summed E-state index contributed by atoms with van der Waals surface area (Å²) in [6.07, 6.45) is 10.7. The van der Waals surface area contributed by atoms with Crippen LogP contribution in [0.1, 0.15) is 50.6 Å². The van der Waals surface area contributed by atoms with Crippen LogP contribution in [0.15, 0.2) is 23.2 Å². The van der Waals surface area contributed by atoms with Gasteiger partial charge in [0, 0.05) is 11.4 Å². The highest BCUT2D eigenvalue weighted by molar-refractivity contribution is 7.99. The van der Waals surface area contributed by atoms with Crippen LogP contribution in [0, 0.1) is 30.1 Å². The fourth-order valence-corrected chi connectivity index (χ4v) is 6.69. The van der Waals surface area contributed by atoms with Gasteiger partial charge in [0.25, 0.3) is 0 Å². The molecule has 0 aliphatic heterocycles. The number of rotatable bonds is 4. The molecule has 2 heteroatoms. The number of hydrogen-bond acceptors (Lipinski definition) is 2. The summed E-state index contributed by atoms with van der Waals surface area (Å²) in [4.78, 5) is 4.62. The molecule has 4 saturated carbocycles. The normalized spacial score (nSPS) is 38.4. The Morgan fingerprint density at radius 3 is 2.35 bits per heavy atom. The Morgan fingerprint density at radius 1 is 1.10 bits per heavy atom. The van der Waals surface area contributed by atoms with Gasteiger partial charge in [0.1, 0.15) is 0 Å². The number of thioether (sulfide) groups is 1. The third-order valence-corrected chi connectivity index (χ3v) is 6.84. The highest BCUT2D eigenvalue weighted by Gasteiger charge is 2.50. The molecule has 5 rings (SSSR count). The summed E-state index contributed by atoms with van der Waals surface area (Å²) < 4.78 is 0. The third-order valence-electron chi connectivity index (χ3n) is 5.91. The van der Waals surface area contributed by atoms with Crippen molar-refractivity contribution in [3.63, 3.8) is 0 Å². The van der Waals surface area contributed by atoms with Crippen LogP contribution >= 0.6 is 11.8 Å². The number of aromatic nitrogens is 1. The Hall–Kier alpha value is -0.500. The maximum Gasteiger partial charge on any atom is 0.0963 e. The second-order valence-corrected chi connectivity index (χ2v) is 8.75. The van der Waals surface area contributed by atoms with E-state index in [0.29, 0.717) is 0 Å². The van der Waals surface area contributed by atoms with Crippen molar-refractivity contribution in [3.8, 4) is 0 Å². The minimum Gasteiger partial charge on any atom is -0.247 e. The van der Waals surface area contributed by atoms with Gasteiger partial charge in [-0.05, 0) is 87.2 Å². The number of pyridine rings is 1. The molecule has 1 aromatic heterocycles. The molecule has 108 valence electrons. The molecule has 0 saturated heterocycles. The minimum absolute atomic E-state index is 0.728. The predicted octanol–water partition coefficient (Wildman–Crippen LogP) is 5.09. The van der Waals surface area contributed by atoms with Crippen molar-refractivity contribution >= 4 is 11.8 Å². The second-order valence-electron chi connectivity index (χ2n) is 7.63. The molecule has 0 atom stereocenters. The average Bonchev–Trinajstić information content (AvgIpc) is 2.36. The van der Waals surface area contributed by atoms with Crippen LogP contribution in [0.25, 0.3) is 0 Å². The molecule has 0 radical (unpaired) electrons. The zero-order chi connectivity index (χ0) is 13.6. The van der Waals surface area contributed by atoms with Crippen LogP contribution < -0.4 is 0 Å². The van der Waals surface area contributed by atoms with Gasteiger partial charge in [-0.1, -0.05) is 6.07 Å². The van der Waals surface area contributed by atoms with Crippen molar-refractivity contribution in [3.05, 3.63) is 23.9 Å². The van der Waals surface area contributed by atoms with Crippen LogP contribution in [-0.4, -0.2) is 10.7 Å². The number of aryl methyl sites for hydroxylation is 1. The van der Waals surface area contributed by atoms with E-state index in [1.165, 1.54) is 17.2 Å². The van der Waals surface area contributed by atoms with E-state index in [-0.39, 0.29) is 0 Å². The van der Waals surface area contributed by atoms with Crippen LogP contribution in [-0.2, 0) is 0 Å². The highest BCUT2D eigenvalue weighted by Crippen LogP contribution is 2.61. The van der Waals surface area contributed by atoms with Gasteiger partial charge < -0.3 is 0 Å².